The molecule has 0 radical (unpaired) electrons. The Morgan fingerprint density at radius 3 is 1.40 bits per heavy atom. The van der Waals surface area contributed by atoms with Gasteiger partial charge in [0.25, 0.3) is 0 Å². The van der Waals surface area contributed by atoms with Gasteiger partial charge in [-0.05, 0) is 34.6 Å². The molecule has 6 rings (SSSR count). The van der Waals surface area contributed by atoms with Crippen molar-refractivity contribution in [2.24, 2.45) is 17.8 Å². The molecule has 1 fully saturated rings. The first kappa shape index (κ1) is 28.6. The fourth-order valence-electron chi connectivity index (χ4n) is 6.43. The van der Waals surface area contributed by atoms with Crippen molar-refractivity contribution in [3.63, 3.8) is 0 Å². The highest BCUT2D eigenvalue weighted by Gasteiger charge is 2.55. The number of hydrogen-bond donors (Lipinski definition) is 0. The van der Waals surface area contributed by atoms with E-state index < -0.39 is 0 Å². The minimum absolute atomic E-state index is 0.130. The van der Waals surface area contributed by atoms with Crippen LogP contribution in [0.2, 0.25) is 0 Å². The summed E-state index contributed by atoms with van der Waals surface area (Å²) < 4.78 is 26.7. The van der Waals surface area contributed by atoms with Gasteiger partial charge in [0.15, 0.2) is 0 Å². The lowest BCUT2D eigenvalue weighted by Crippen LogP contribution is -2.39. The van der Waals surface area contributed by atoms with E-state index in [0.717, 1.165) is 23.1 Å². The van der Waals surface area contributed by atoms with Crippen molar-refractivity contribution in [1.82, 2.24) is 0 Å². The molecule has 6 atom stereocenters. The Morgan fingerprint density at radius 1 is 0.476 bits per heavy atom. The van der Waals surface area contributed by atoms with Gasteiger partial charge in [0.2, 0.25) is 0 Å². The highest BCUT2D eigenvalue weighted by Crippen LogP contribution is 2.47. The maximum atomic E-state index is 6.84. The normalized spacial score (nSPS) is 24.9. The van der Waals surface area contributed by atoms with Crippen molar-refractivity contribution >= 4 is 0 Å². The molecular formula is C38H40O4. The molecule has 0 aromatic heterocycles. The molecule has 4 heteroatoms. The van der Waals surface area contributed by atoms with Gasteiger partial charge in [-0.25, -0.2) is 0 Å². The smallest absolute Gasteiger partial charge is 0.111 e. The molecular weight excluding hydrogens is 520 g/mol. The van der Waals surface area contributed by atoms with E-state index in [1.807, 2.05) is 24.3 Å². The van der Waals surface area contributed by atoms with Gasteiger partial charge >= 0.3 is 0 Å². The van der Waals surface area contributed by atoms with Crippen LogP contribution in [0.1, 0.15) is 28.7 Å². The molecule has 42 heavy (non-hydrogen) atoms. The van der Waals surface area contributed by atoms with Gasteiger partial charge in [0, 0.05) is 11.8 Å². The number of fused-ring (bicyclic) bond motifs is 1. The SMILES string of the molecule is C1=C[C@H]2[C@@H](OCc3ccccc3)[C@H](OCc3ccccc3)[C@H](OCc3ccccc3)[C@@H]2[C@@H](COCc2ccccc2)C1. The van der Waals surface area contributed by atoms with Crippen LogP contribution < -0.4 is 0 Å². The zero-order valence-electron chi connectivity index (χ0n) is 24.0. The molecule has 0 saturated heterocycles. The standard InChI is InChI=1S/C38H40O4/c1-5-14-29(15-6-1)24-39-28-33-22-13-23-34-35(33)37(41-26-31-18-9-3-10-19-31)38(42-27-32-20-11-4-12-21-32)36(34)40-25-30-16-7-2-8-17-30/h1-21,23,33-38H,22,24-28H2/t33-,34-,35-,36-,37-,38+/m1/s1. The zero-order chi connectivity index (χ0) is 28.4. The topological polar surface area (TPSA) is 36.9 Å². The largest absolute Gasteiger partial charge is 0.376 e. The van der Waals surface area contributed by atoms with E-state index in [1.165, 1.54) is 5.56 Å². The second-order valence-corrected chi connectivity index (χ2v) is 11.4. The van der Waals surface area contributed by atoms with E-state index in [9.17, 15) is 0 Å². The van der Waals surface area contributed by atoms with E-state index in [1.54, 1.807) is 0 Å². The molecule has 0 N–H and O–H groups in total. The summed E-state index contributed by atoms with van der Waals surface area (Å²) in [6.07, 6.45) is 5.14. The summed E-state index contributed by atoms with van der Waals surface area (Å²) >= 11 is 0. The van der Waals surface area contributed by atoms with Crippen LogP contribution in [-0.2, 0) is 45.4 Å². The Morgan fingerprint density at radius 2 is 0.905 bits per heavy atom. The van der Waals surface area contributed by atoms with E-state index in [4.69, 9.17) is 18.9 Å². The average Bonchev–Trinajstić information content (AvgIpc) is 3.36. The van der Waals surface area contributed by atoms with Gasteiger partial charge in [-0.15, -0.1) is 0 Å². The van der Waals surface area contributed by atoms with Crippen molar-refractivity contribution in [3.8, 4) is 0 Å². The van der Waals surface area contributed by atoms with Crippen LogP contribution in [0, 0.1) is 17.8 Å². The zero-order valence-corrected chi connectivity index (χ0v) is 24.0. The van der Waals surface area contributed by atoms with E-state index in [-0.39, 0.29) is 30.1 Å². The first-order valence-corrected chi connectivity index (χ1v) is 15.1. The highest BCUT2D eigenvalue weighted by molar-refractivity contribution is 5.19. The predicted octanol–water partition coefficient (Wildman–Crippen LogP) is 7.78. The molecule has 4 aromatic carbocycles. The van der Waals surface area contributed by atoms with E-state index >= 15 is 0 Å². The third-order valence-electron chi connectivity index (χ3n) is 8.49. The molecule has 0 aliphatic heterocycles. The molecule has 1 saturated carbocycles. The van der Waals surface area contributed by atoms with Gasteiger partial charge in [0.1, 0.15) is 6.10 Å². The summed E-state index contributed by atoms with van der Waals surface area (Å²) in [5.41, 5.74) is 4.66. The molecule has 4 aromatic rings. The van der Waals surface area contributed by atoms with E-state index in [2.05, 4.69) is 109 Å². The second kappa shape index (κ2) is 14.6. The number of hydrogen-bond acceptors (Lipinski definition) is 4. The predicted molar refractivity (Wildman–Crippen MR) is 165 cm³/mol. The number of benzene rings is 4. The number of allylic oxidation sites excluding steroid dienone is 1. The van der Waals surface area contributed by atoms with Crippen LogP contribution >= 0.6 is 0 Å². The Hall–Kier alpha value is -3.54. The maximum absolute atomic E-state index is 6.84. The third kappa shape index (κ3) is 7.26. The summed E-state index contributed by atoms with van der Waals surface area (Å²) in [6, 6.07) is 41.6. The quantitative estimate of drug-likeness (QED) is 0.157. The first-order chi connectivity index (χ1) is 20.8. The Bertz CT molecular complexity index is 1360. The Kier molecular flexibility index (Phi) is 9.91. The van der Waals surface area contributed by atoms with Crippen LogP contribution in [0.4, 0.5) is 0 Å². The monoisotopic (exact) mass is 560 g/mol. The van der Waals surface area contributed by atoms with Gasteiger partial charge in [0.05, 0.1) is 45.2 Å². The first-order valence-electron chi connectivity index (χ1n) is 15.1. The number of ether oxygens (including phenoxy) is 4. The Balaban J connectivity index is 1.25. The minimum Gasteiger partial charge on any atom is -0.376 e. The lowest BCUT2D eigenvalue weighted by molar-refractivity contribution is -0.131. The molecule has 0 spiro atoms. The summed E-state index contributed by atoms with van der Waals surface area (Å²) in [7, 11) is 0. The second-order valence-electron chi connectivity index (χ2n) is 11.4. The third-order valence-corrected chi connectivity index (χ3v) is 8.49. The summed E-state index contributed by atoms with van der Waals surface area (Å²) in [4.78, 5) is 0. The lowest BCUT2D eigenvalue weighted by atomic mass is 9.76. The van der Waals surface area contributed by atoms with Crippen LogP contribution in [0.25, 0.3) is 0 Å². The average molecular weight is 561 g/mol. The minimum atomic E-state index is -0.216. The summed E-state index contributed by atoms with van der Waals surface area (Å²) in [5, 5.41) is 0. The maximum Gasteiger partial charge on any atom is 0.111 e. The van der Waals surface area contributed by atoms with Crippen LogP contribution in [0.15, 0.2) is 133 Å². The van der Waals surface area contributed by atoms with Gasteiger partial charge in [-0.3, -0.25) is 0 Å². The Labute approximate surface area is 249 Å². The van der Waals surface area contributed by atoms with Crippen molar-refractivity contribution in [2.75, 3.05) is 6.61 Å². The van der Waals surface area contributed by atoms with Gasteiger partial charge in [-0.1, -0.05) is 133 Å². The fourth-order valence-corrected chi connectivity index (χ4v) is 6.43. The van der Waals surface area contributed by atoms with Crippen LogP contribution in [0.5, 0.6) is 0 Å². The molecule has 0 heterocycles. The van der Waals surface area contributed by atoms with Crippen molar-refractivity contribution in [2.45, 2.75) is 51.2 Å². The van der Waals surface area contributed by atoms with Crippen LogP contribution in [-0.4, -0.2) is 24.9 Å². The molecule has 216 valence electrons. The number of rotatable bonds is 13. The summed E-state index contributed by atoms with van der Waals surface area (Å²) in [5.74, 6) is 0.697. The molecule has 0 unspecified atom stereocenters. The van der Waals surface area contributed by atoms with Crippen molar-refractivity contribution < 1.29 is 18.9 Å². The lowest BCUT2D eigenvalue weighted by Gasteiger charge is -2.34. The molecule has 4 nitrogen and oxygen atoms in total. The fraction of sp³-hybridized carbons (Fsp3) is 0.316. The molecule has 2 aliphatic carbocycles. The molecule has 2 aliphatic rings. The molecule has 0 amide bonds. The van der Waals surface area contributed by atoms with Gasteiger partial charge in [-0.2, -0.15) is 0 Å². The van der Waals surface area contributed by atoms with E-state index in [0.29, 0.717) is 39.0 Å². The summed E-state index contributed by atoms with van der Waals surface area (Å²) in [6.45, 7) is 2.86. The van der Waals surface area contributed by atoms with Gasteiger partial charge < -0.3 is 18.9 Å². The van der Waals surface area contributed by atoms with Crippen molar-refractivity contribution in [1.29, 1.82) is 0 Å². The molecule has 0 bridgehead atoms. The van der Waals surface area contributed by atoms with Crippen molar-refractivity contribution in [3.05, 3.63) is 156 Å². The van der Waals surface area contributed by atoms with Crippen LogP contribution in [0.3, 0.4) is 0 Å². The highest BCUT2D eigenvalue weighted by atomic mass is 16.6.